The normalized spacial score (nSPS) is 16.7. The van der Waals surface area contributed by atoms with Crippen LogP contribution in [0.15, 0.2) is 18.2 Å². The number of benzene rings is 1. The van der Waals surface area contributed by atoms with E-state index in [2.05, 4.69) is 5.32 Å². The van der Waals surface area contributed by atoms with Gasteiger partial charge in [0, 0.05) is 17.6 Å². The van der Waals surface area contributed by atoms with Gasteiger partial charge in [0.05, 0.1) is 11.7 Å². The Kier molecular flexibility index (Phi) is 5.88. The highest BCUT2D eigenvalue weighted by Crippen LogP contribution is 2.28. The van der Waals surface area contributed by atoms with Crippen molar-refractivity contribution in [1.29, 1.82) is 0 Å². The Bertz CT molecular complexity index is 485. The summed E-state index contributed by atoms with van der Waals surface area (Å²) in [6, 6.07) is 5.26. The number of ether oxygens (including phenoxy) is 1. The van der Waals surface area contributed by atoms with Gasteiger partial charge in [0.25, 0.3) is 5.91 Å². The van der Waals surface area contributed by atoms with Gasteiger partial charge in [0.2, 0.25) is 0 Å². The number of hydrogen-bond donors (Lipinski definition) is 2. The number of hydrogen-bond acceptors (Lipinski definition) is 3. The molecule has 1 atom stereocenters. The lowest BCUT2D eigenvalue weighted by molar-refractivity contribution is 0.0945. The second-order valence-electron chi connectivity index (χ2n) is 5.69. The number of amides is 1. The van der Waals surface area contributed by atoms with Crippen molar-refractivity contribution in [2.75, 3.05) is 6.54 Å². The standard InChI is InChI=1S/C16H23ClN2O2/c1-11(18)8-9-19-16(20)14-10-12(17)6-7-15(14)21-13-4-2-3-5-13/h6-7,10-11,13H,2-5,8-9,18H2,1H3,(H,19,20). The van der Waals surface area contributed by atoms with E-state index in [0.29, 0.717) is 22.9 Å². The van der Waals surface area contributed by atoms with Gasteiger partial charge in [0.15, 0.2) is 0 Å². The zero-order valence-electron chi connectivity index (χ0n) is 12.4. The zero-order valence-corrected chi connectivity index (χ0v) is 13.2. The predicted molar refractivity (Wildman–Crippen MR) is 84.9 cm³/mol. The van der Waals surface area contributed by atoms with E-state index in [1.807, 2.05) is 6.92 Å². The van der Waals surface area contributed by atoms with Gasteiger partial charge in [-0.1, -0.05) is 11.6 Å². The van der Waals surface area contributed by atoms with Crippen LogP contribution >= 0.6 is 11.6 Å². The molecule has 1 unspecified atom stereocenters. The fourth-order valence-corrected chi connectivity index (χ4v) is 2.65. The third-order valence-electron chi connectivity index (χ3n) is 3.67. The van der Waals surface area contributed by atoms with Crippen molar-refractivity contribution in [2.45, 2.75) is 51.2 Å². The number of carbonyl (C=O) groups is 1. The maximum atomic E-state index is 12.3. The summed E-state index contributed by atoms with van der Waals surface area (Å²) in [5.74, 6) is 0.454. The highest BCUT2D eigenvalue weighted by atomic mass is 35.5. The molecule has 5 heteroatoms. The summed E-state index contributed by atoms with van der Waals surface area (Å²) in [6.07, 6.45) is 5.43. The van der Waals surface area contributed by atoms with Crippen LogP contribution in [0.3, 0.4) is 0 Å². The molecule has 21 heavy (non-hydrogen) atoms. The van der Waals surface area contributed by atoms with Crippen molar-refractivity contribution in [3.63, 3.8) is 0 Å². The minimum atomic E-state index is -0.161. The molecule has 0 saturated heterocycles. The van der Waals surface area contributed by atoms with Gasteiger partial charge in [-0.05, 0) is 57.2 Å². The molecule has 3 N–H and O–H groups in total. The lowest BCUT2D eigenvalue weighted by Gasteiger charge is -2.17. The molecule has 1 saturated carbocycles. The largest absolute Gasteiger partial charge is 0.490 e. The van der Waals surface area contributed by atoms with E-state index in [4.69, 9.17) is 22.1 Å². The molecule has 116 valence electrons. The van der Waals surface area contributed by atoms with Crippen molar-refractivity contribution in [2.24, 2.45) is 5.73 Å². The van der Waals surface area contributed by atoms with Gasteiger partial charge in [-0.15, -0.1) is 0 Å². The first-order valence-corrected chi connectivity index (χ1v) is 7.94. The van der Waals surface area contributed by atoms with Crippen molar-refractivity contribution < 1.29 is 9.53 Å². The average Bonchev–Trinajstić information content (AvgIpc) is 2.93. The van der Waals surface area contributed by atoms with Crippen LogP contribution in [-0.4, -0.2) is 24.6 Å². The van der Waals surface area contributed by atoms with E-state index >= 15 is 0 Å². The van der Waals surface area contributed by atoms with Gasteiger partial charge in [-0.25, -0.2) is 0 Å². The Labute approximate surface area is 131 Å². The van der Waals surface area contributed by atoms with Crippen molar-refractivity contribution in [3.8, 4) is 5.75 Å². The Morgan fingerprint density at radius 2 is 2.19 bits per heavy atom. The first-order valence-electron chi connectivity index (χ1n) is 7.56. The monoisotopic (exact) mass is 310 g/mol. The van der Waals surface area contributed by atoms with E-state index < -0.39 is 0 Å². The summed E-state index contributed by atoms with van der Waals surface area (Å²) in [4.78, 5) is 12.3. The lowest BCUT2D eigenvalue weighted by atomic mass is 10.1. The van der Waals surface area contributed by atoms with Gasteiger partial charge >= 0.3 is 0 Å². The molecule has 0 spiro atoms. The van der Waals surface area contributed by atoms with Crippen LogP contribution in [-0.2, 0) is 0 Å². The Morgan fingerprint density at radius 1 is 1.48 bits per heavy atom. The molecule has 1 amide bonds. The molecule has 0 heterocycles. The molecule has 1 aromatic carbocycles. The van der Waals surface area contributed by atoms with Gasteiger partial charge in [-0.3, -0.25) is 4.79 Å². The van der Waals surface area contributed by atoms with Crippen LogP contribution in [0.1, 0.15) is 49.4 Å². The SMILES string of the molecule is CC(N)CCNC(=O)c1cc(Cl)ccc1OC1CCCC1. The number of halogens is 1. The summed E-state index contributed by atoms with van der Waals surface area (Å²) in [6.45, 7) is 2.46. The fourth-order valence-electron chi connectivity index (χ4n) is 2.48. The Balaban J connectivity index is 2.04. The Hall–Kier alpha value is -1.26. The van der Waals surface area contributed by atoms with Crippen LogP contribution in [0.5, 0.6) is 5.75 Å². The minimum absolute atomic E-state index is 0.0684. The van der Waals surface area contributed by atoms with E-state index in [0.717, 1.165) is 19.3 Å². The van der Waals surface area contributed by atoms with E-state index in [1.165, 1.54) is 12.8 Å². The maximum Gasteiger partial charge on any atom is 0.255 e. The summed E-state index contributed by atoms with van der Waals surface area (Å²) in [7, 11) is 0. The predicted octanol–water partition coefficient (Wildman–Crippen LogP) is 3.13. The first-order chi connectivity index (χ1) is 10.1. The third-order valence-corrected chi connectivity index (χ3v) is 3.90. The van der Waals surface area contributed by atoms with Crippen LogP contribution < -0.4 is 15.8 Å². The molecular weight excluding hydrogens is 288 g/mol. The van der Waals surface area contributed by atoms with Crippen LogP contribution in [0.2, 0.25) is 5.02 Å². The maximum absolute atomic E-state index is 12.3. The van der Waals surface area contributed by atoms with Crippen LogP contribution in [0.25, 0.3) is 0 Å². The van der Waals surface area contributed by atoms with Gasteiger partial charge in [-0.2, -0.15) is 0 Å². The van der Waals surface area contributed by atoms with E-state index in [9.17, 15) is 4.79 Å². The second kappa shape index (κ2) is 7.66. The summed E-state index contributed by atoms with van der Waals surface area (Å²) in [5, 5.41) is 3.40. The molecular formula is C16H23ClN2O2. The molecule has 0 aromatic heterocycles. The quantitative estimate of drug-likeness (QED) is 0.848. The summed E-state index contributed by atoms with van der Waals surface area (Å²) in [5.41, 5.74) is 6.18. The summed E-state index contributed by atoms with van der Waals surface area (Å²) >= 11 is 6.01. The smallest absolute Gasteiger partial charge is 0.255 e. The van der Waals surface area contributed by atoms with Gasteiger partial charge < -0.3 is 15.8 Å². The number of rotatable bonds is 6. The molecule has 4 nitrogen and oxygen atoms in total. The van der Waals surface area contributed by atoms with Crippen molar-refractivity contribution in [3.05, 3.63) is 28.8 Å². The highest BCUT2D eigenvalue weighted by molar-refractivity contribution is 6.31. The van der Waals surface area contributed by atoms with Crippen molar-refractivity contribution in [1.82, 2.24) is 5.32 Å². The second-order valence-corrected chi connectivity index (χ2v) is 6.12. The molecule has 0 aliphatic heterocycles. The first kappa shape index (κ1) is 16.1. The zero-order chi connectivity index (χ0) is 15.2. The molecule has 1 aliphatic carbocycles. The van der Waals surface area contributed by atoms with Crippen LogP contribution in [0, 0.1) is 0 Å². The highest BCUT2D eigenvalue weighted by Gasteiger charge is 2.20. The number of nitrogens with one attached hydrogen (secondary N) is 1. The summed E-state index contributed by atoms with van der Waals surface area (Å²) < 4.78 is 5.97. The fraction of sp³-hybridized carbons (Fsp3) is 0.562. The number of nitrogens with two attached hydrogens (primary N) is 1. The van der Waals surface area contributed by atoms with Crippen LogP contribution in [0.4, 0.5) is 0 Å². The molecule has 1 aliphatic rings. The van der Waals surface area contributed by atoms with E-state index in [-0.39, 0.29) is 18.1 Å². The average molecular weight is 311 g/mol. The third kappa shape index (κ3) is 4.90. The minimum Gasteiger partial charge on any atom is -0.490 e. The topological polar surface area (TPSA) is 64.3 Å². The number of carbonyl (C=O) groups excluding carboxylic acids is 1. The molecule has 2 rings (SSSR count). The molecule has 1 aromatic rings. The molecule has 0 radical (unpaired) electrons. The molecule has 0 bridgehead atoms. The lowest BCUT2D eigenvalue weighted by Crippen LogP contribution is -2.29. The van der Waals surface area contributed by atoms with E-state index in [1.54, 1.807) is 18.2 Å². The van der Waals surface area contributed by atoms with Gasteiger partial charge in [0.1, 0.15) is 5.75 Å². The van der Waals surface area contributed by atoms with Crippen molar-refractivity contribution >= 4 is 17.5 Å². The Morgan fingerprint density at radius 3 is 2.86 bits per heavy atom. The molecule has 1 fully saturated rings.